The van der Waals surface area contributed by atoms with Gasteiger partial charge in [0.25, 0.3) is 0 Å². The zero-order valence-corrected chi connectivity index (χ0v) is 23.9. The third-order valence-corrected chi connectivity index (χ3v) is 10.5. The molecule has 1 heteroatoms. The summed E-state index contributed by atoms with van der Waals surface area (Å²) in [5.74, 6) is 3.25. The molecule has 206 valence electrons. The predicted molar refractivity (Wildman–Crippen MR) is 161 cm³/mol. The van der Waals surface area contributed by atoms with Gasteiger partial charge in [0, 0.05) is 20.6 Å². The molecule has 1 nitrogen and oxygen atoms in total. The molecule has 0 N–H and O–H groups in total. The van der Waals surface area contributed by atoms with Crippen LogP contribution in [-0.2, 0) is 11.2 Å². The molecule has 37 heavy (non-hydrogen) atoms. The van der Waals surface area contributed by atoms with Crippen LogP contribution in [-0.4, -0.2) is 5.78 Å². The summed E-state index contributed by atoms with van der Waals surface area (Å²) in [5, 5.41) is 0. The molecule has 3 saturated carbocycles. The van der Waals surface area contributed by atoms with E-state index in [0.29, 0.717) is 17.6 Å². The number of allylic oxidation sites excluding steroid dienone is 4. The van der Waals surface area contributed by atoms with Gasteiger partial charge in [-0.15, -0.1) is 0 Å². The lowest BCUT2D eigenvalue weighted by Gasteiger charge is -2.29. The number of carbonyl (C=O) groups excluding carboxylic acids is 1. The smallest absolute Gasteiger partial charge is 0.135 e. The molecule has 0 spiro atoms. The van der Waals surface area contributed by atoms with Gasteiger partial charge in [-0.3, -0.25) is 4.79 Å². The highest BCUT2D eigenvalue weighted by atomic mass is 16.1. The van der Waals surface area contributed by atoms with E-state index in [4.69, 9.17) is 0 Å². The summed E-state index contributed by atoms with van der Waals surface area (Å²) in [5.41, 5.74) is 6.41. The largest absolute Gasteiger partial charge is 0.299 e. The second kappa shape index (κ2) is 12.5. The fraction of sp³-hybridized carbons (Fsp3) is 0.694. The zero-order valence-electron chi connectivity index (χ0n) is 23.9. The lowest BCUT2D eigenvalue weighted by atomic mass is 9.74. The second-order valence-electron chi connectivity index (χ2n) is 13.4. The van der Waals surface area contributed by atoms with Crippen LogP contribution < -0.4 is 0 Å². The van der Waals surface area contributed by atoms with Crippen molar-refractivity contribution in [3.05, 3.63) is 58.7 Å². The molecule has 0 bridgehead atoms. The van der Waals surface area contributed by atoms with E-state index in [-0.39, 0.29) is 8.27 Å². The van der Waals surface area contributed by atoms with Crippen LogP contribution in [0.4, 0.5) is 0 Å². The van der Waals surface area contributed by atoms with E-state index in [1.807, 2.05) is 0 Å². The Morgan fingerprint density at radius 3 is 2.49 bits per heavy atom. The van der Waals surface area contributed by atoms with E-state index < -0.39 is 0 Å². The molecule has 0 amide bonds. The number of hydrogen-bond donors (Lipinski definition) is 0. The van der Waals surface area contributed by atoms with Crippen LogP contribution in [0, 0.1) is 17.3 Å². The summed E-state index contributed by atoms with van der Waals surface area (Å²) in [4.78, 5) is 12.2. The maximum Gasteiger partial charge on any atom is 0.135 e. The topological polar surface area (TPSA) is 17.1 Å². The highest BCUT2D eigenvalue weighted by Gasteiger charge is 2.32. The van der Waals surface area contributed by atoms with Crippen LogP contribution in [0.2, 0.25) is 0 Å². The van der Waals surface area contributed by atoms with Gasteiger partial charge in [0.15, 0.2) is 0 Å². The van der Waals surface area contributed by atoms with Crippen molar-refractivity contribution in [2.75, 3.05) is 0 Å². The molecule has 0 aliphatic heterocycles. The van der Waals surface area contributed by atoms with Gasteiger partial charge >= 0.3 is 0 Å². The second-order valence-corrected chi connectivity index (χ2v) is 13.4. The number of aryl methyl sites for hydroxylation is 1. The standard InChI is InChI=1S/C36H52O.2H2/c1-27(36(2)24-23-29(26-36)14-9-13-28-11-5-3-6-12-28)32-21-22-34(30-19-20-30)33(25-32)15-7-4-8-18-35(37)31-16-10-17-31;;/h21-28,30-31H,3-20H2,1-2H3;2*1H. The lowest BCUT2D eigenvalue weighted by Crippen LogP contribution is -2.21. The van der Waals surface area contributed by atoms with Crippen molar-refractivity contribution in [3.8, 4) is 0 Å². The maximum atomic E-state index is 12.2. The quantitative estimate of drug-likeness (QED) is 0.230. The minimum atomic E-state index is 0. The fourth-order valence-electron chi connectivity index (χ4n) is 7.27. The zero-order chi connectivity index (χ0) is 25.7. The Morgan fingerprint density at radius 1 is 0.946 bits per heavy atom. The van der Waals surface area contributed by atoms with Gasteiger partial charge in [0.1, 0.15) is 5.78 Å². The summed E-state index contributed by atoms with van der Waals surface area (Å²) in [7, 11) is 0. The Labute approximate surface area is 230 Å². The molecular weight excluding hydrogens is 448 g/mol. The van der Waals surface area contributed by atoms with Gasteiger partial charge < -0.3 is 0 Å². The van der Waals surface area contributed by atoms with E-state index >= 15 is 0 Å². The highest BCUT2D eigenvalue weighted by molar-refractivity contribution is 5.81. The summed E-state index contributed by atoms with van der Waals surface area (Å²) >= 11 is 0. The molecule has 2 atom stereocenters. The van der Waals surface area contributed by atoms with Crippen LogP contribution in [0.1, 0.15) is 154 Å². The molecule has 4 aliphatic rings. The van der Waals surface area contributed by atoms with Crippen molar-refractivity contribution in [2.45, 2.75) is 141 Å². The van der Waals surface area contributed by atoms with Crippen LogP contribution >= 0.6 is 0 Å². The number of ketones is 1. The Balaban J connectivity index is 0.00000210. The van der Waals surface area contributed by atoms with Crippen molar-refractivity contribution < 1.29 is 7.65 Å². The van der Waals surface area contributed by atoms with Crippen molar-refractivity contribution in [1.82, 2.24) is 0 Å². The highest BCUT2D eigenvalue weighted by Crippen LogP contribution is 2.46. The average molecular weight is 505 g/mol. The van der Waals surface area contributed by atoms with Gasteiger partial charge in [-0.25, -0.2) is 0 Å². The first-order chi connectivity index (χ1) is 18.0. The average Bonchev–Trinajstić information content (AvgIpc) is 3.65. The van der Waals surface area contributed by atoms with Crippen LogP contribution in [0.25, 0.3) is 0 Å². The fourth-order valence-corrected chi connectivity index (χ4v) is 7.27. The van der Waals surface area contributed by atoms with Crippen LogP contribution in [0.15, 0.2) is 42.0 Å². The van der Waals surface area contributed by atoms with E-state index in [1.165, 1.54) is 95.5 Å². The number of unbranched alkanes of at least 4 members (excludes halogenated alkanes) is 2. The Kier molecular flexibility index (Phi) is 9.10. The van der Waals surface area contributed by atoms with Crippen molar-refractivity contribution in [1.29, 1.82) is 0 Å². The summed E-state index contributed by atoms with van der Waals surface area (Å²) in [6, 6.07) is 7.47. The SMILES string of the molecule is CC(c1ccc(C2CC2)c(CCCCCC(=O)C2CCC2)c1)C1(C)C=CC(CCCC2CCCCC2)=C1.[HH].[HH]. The Hall–Kier alpha value is -1.63. The van der Waals surface area contributed by atoms with E-state index in [9.17, 15) is 4.79 Å². The summed E-state index contributed by atoms with van der Waals surface area (Å²) in [6.07, 6.45) is 30.7. The van der Waals surface area contributed by atoms with Crippen LogP contribution in [0.5, 0.6) is 0 Å². The Morgan fingerprint density at radius 2 is 1.76 bits per heavy atom. The van der Waals surface area contributed by atoms with E-state index in [1.54, 1.807) is 16.7 Å². The number of hydrogen-bond acceptors (Lipinski definition) is 1. The van der Waals surface area contributed by atoms with Crippen molar-refractivity contribution >= 4 is 5.78 Å². The molecule has 1 aromatic carbocycles. The third kappa shape index (κ3) is 7.07. The van der Waals surface area contributed by atoms with Gasteiger partial charge in [-0.05, 0) is 92.2 Å². The molecule has 0 heterocycles. The molecule has 0 radical (unpaired) electrons. The Bertz CT molecular complexity index is 980. The van der Waals surface area contributed by atoms with Gasteiger partial charge in [-0.1, -0.05) is 107 Å². The van der Waals surface area contributed by atoms with Crippen molar-refractivity contribution in [3.63, 3.8) is 0 Å². The molecule has 1 aromatic rings. The molecule has 3 fully saturated rings. The monoisotopic (exact) mass is 504 g/mol. The minimum absolute atomic E-state index is 0. The summed E-state index contributed by atoms with van der Waals surface area (Å²) < 4.78 is 0. The molecule has 5 rings (SSSR count). The van der Waals surface area contributed by atoms with E-state index in [2.05, 4.69) is 50.3 Å². The third-order valence-electron chi connectivity index (χ3n) is 10.5. The maximum absolute atomic E-state index is 12.2. The van der Waals surface area contributed by atoms with Gasteiger partial charge in [0.2, 0.25) is 0 Å². The molecule has 0 saturated heterocycles. The molecule has 0 aromatic heterocycles. The number of Topliss-reactive ketones (excluding diaryl/α,β-unsaturated/α-hetero) is 1. The van der Waals surface area contributed by atoms with Gasteiger partial charge in [0.05, 0.1) is 0 Å². The molecular formula is C36H56O. The lowest BCUT2D eigenvalue weighted by molar-refractivity contribution is -0.125. The normalized spacial score (nSPS) is 25.2. The summed E-state index contributed by atoms with van der Waals surface area (Å²) in [6.45, 7) is 4.88. The minimum Gasteiger partial charge on any atom is -0.299 e. The van der Waals surface area contributed by atoms with Crippen molar-refractivity contribution in [2.24, 2.45) is 17.3 Å². The predicted octanol–water partition coefficient (Wildman–Crippen LogP) is 10.9. The number of rotatable bonds is 14. The number of benzene rings is 1. The molecule has 2 unspecified atom stereocenters. The van der Waals surface area contributed by atoms with Crippen LogP contribution in [0.3, 0.4) is 0 Å². The van der Waals surface area contributed by atoms with Gasteiger partial charge in [-0.2, -0.15) is 0 Å². The first kappa shape index (κ1) is 27.0. The first-order valence-corrected chi connectivity index (χ1v) is 16.1. The number of carbonyl (C=O) groups is 1. The first-order valence-electron chi connectivity index (χ1n) is 16.1. The van der Waals surface area contributed by atoms with E-state index in [0.717, 1.165) is 37.5 Å². The molecule has 4 aliphatic carbocycles.